The monoisotopic (exact) mass is 403 g/mol. The highest BCUT2D eigenvalue weighted by molar-refractivity contribution is 7.13. The quantitative estimate of drug-likeness (QED) is 0.450. The van der Waals surface area contributed by atoms with Crippen LogP contribution >= 0.6 is 11.3 Å². The van der Waals surface area contributed by atoms with Crippen LogP contribution in [0, 0.1) is 0 Å². The summed E-state index contributed by atoms with van der Waals surface area (Å²) >= 11 is 1.55. The lowest BCUT2D eigenvalue weighted by Crippen LogP contribution is -2.35. The molecule has 29 heavy (non-hydrogen) atoms. The van der Waals surface area contributed by atoms with Gasteiger partial charge in [-0.3, -0.25) is 4.79 Å². The first-order chi connectivity index (χ1) is 14.3. The normalized spacial score (nSPS) is 10.8. The number of carbonyl (C=O) groups excluding carboxylic acids is 1. The predicted molar refractivity (Wildman–Crippen MR) is 113 cm³/mol. The standard InChI is InChI=1S/C22H21N5OS/c28-21(17-27-24-22(23-25-27)20-12-7-15-29-20)26(16-19-10-5-2-6-11-19)14-13-18-8-3-1-4-9-18/h1-12,15H,13-14,16-17H2. The van der Waals surface area contributed by atoms with Gasteiger partial charge in [-0.1, -0.05) is 66.7 Å². The fourth-order valence-electron chi connectivity index (χ4n) is 3.04. The topological polar surface area (TPSA) is 63.9 Å². The molecule has 0 aliphatic rings. The van der Waals surface area contributed by atoms with Crippen molar-refractivity contribution in [3.8, 4) is 10.7 Å². The van der Waals surface area contributed by atoms with Crippen molar-refractivity contribution in [2.75, 3.05) is 6.54 Å². The summed E-state index contributed by atoms with van der Waals surface area (Å²) in [6, 6.07) is 24.1. The number of nitrogens with zero attached hydrogens (tertiary/aromatic N) is 5. The van der Waals surface area contributed by atoms with E-state index >= 15 is 0 Å². The van der Waals surface area contributed by atoms with Gasteiger partial charge in [0.15, 0.2) is 0 Å². The summed E-state index contributed by atoms with van der Waals surface area (Å²) in [6.07, 6.45) is 0.796. The summed E-state index contributed by atoms with van der Waals surface area (Å²) in [4.78, 5) is 17.2. The maximum absolute atomic E-state index is 13.0. The van der Waals surface area contributed by atoms with Crippen molar-refractivity contribution in [2.45, 2.75) is 19.5 Å². The van der Waals surface area contributed by atoms with Gasteiger partial charge in [0.25, 0.3) is 0 Å². The van der Waals surface area contributed by atoms with Crippen LogP contribution in [0.15, 0.2) is 78.2 Å². The molecule has 2 aromatic carbocycles. The van der Waals surface area contributed by atoms with E-state index < -0.39 is 0 Å². The molecule has 2 heterocycles. The first kappa shape index (κ1) is 19.0. The third-order valence-electron chi connectivity index (χ3n) is 4.55. The summed E-state index contributed by atoms with van der Waals surface area (Å²) < 4.78 is 0. The van der Waals surface area contributed by atoms with Gasteiger partial charge in [-0.25, -0.2) is 0 Å². The molecule has 0 radical (unpaired) electrons. The fourth-order valence-corrected chi connectivity index (χ4v) is 3.69. The van der Waals surface area contributed by atoms with Crippen LogP contribution < -0.4 is 0 Å². The average molecular weight is 404 g/mol. The Kier molecular flexibility index (Phi) is 6.07. The lowest BCUT2D eigenvalue weighted by Gasteiger charge is -2.22. The minimum Gasteiger partial charge on any atom is -0.336 e. The molecule has 7 heteroatoms. The summed E-state index contributed by atoms with van der Waals surface area (Å²) in [5.41, 5.74) is 2.30. The van der Waals surface area contributed by atoms with E-state index in [-0.39, 0.29) is 12.5 Å². The minimum absolute atomic E-state index is 0.0279. The third-order valence-corrected chi connectivity index (χ3v) is 5.42. The maximum atomic E-state index is 13.0. The van der Waals surface area contributed by atoms with E-state index in [1.807, 2.05) is 70.9 Å². The molecule has 0 bridgehead atoms. The molecule has 4 rings (SSSR count). The smallest absolute Gasteiger partial charge is 0.246 e. The average Bonchev–Trinajstić information content (AvgIpc) is 3.44. The molecule has 6 nitrogen and oxygen atoms in total. The van der Waals surface area contributed by atoms with Crippen molar-refractivity contribution in [2.24, 2.45) is 0 Å². The highest BCUT2D eigenvalue weighted by Crippen LogP contribution is 2.19. The van der Waals surface area contributed by atoms with Gasteiger partial charge in [0.2, 0.25) is 11.7 Å². The van der Waals surface area contributed by atoms with E-state index in [0.717, 1.165) is 16.9 Å². The van der Waals surface area contributed by atoms with Gasteiger partial charge >= 0.3 is 0 Å². The van der Waals surface area contributed by atoms with Gasteiger partial charge in [0, 0.05) is 13.1 Å². The number of carbonyl (C=O) groups is 1. The van der Waals surface area contributed by atoms with Gasteiger partial charge in [-0.2, -0.15) is 4.80 Å². The molecule has 0 aliphatic carbocycles. The largest absolute Gasteiger partial charge is 0.336 e. The second-order valence-electron chi connectivity index (χ2n) is 6.66. The molecule has 0 unspecified atom stereocenters. The molecule has 2 aromatic heterocycles. The Morgan fingerprint density at radius 1 is 0.931 bits per heavy atom. The fraction of sp³-hybridized carbons (Fsp3) is 0.182. The zero-order valence-electron chi connectivity index (χ0n) is 15.9. The van der Waals surface area contributed by atoms with Gasteiger partial charge in [0.05, 0.1) is 4.88 Å². The van der Waals surface area contributed by atoms with E-state index in [9.17, 15) is 4.79 Å². The SMILES string of the molecule is O=C(Cn1nnc(-c2cccs2)n1)N(CCc1ccccc1)Cc1ccccc1. The van der Waals surface area contributed by atoms with Crippen molar-refractivity contribution in [3.05, 3.63) is 89.3 Å². The number of hydrogen-bond donors (Lipinski definition) is 0. The summed E-state index contributed by atoms with van der Waals surface area (Å²) in [5, 5.41) is 14.4. The van der Waals surface area contributed by atoms with Crippen LogP contribution in [0.2, 0.25) is 0 Å². The van der Waals surface area contributed by atoms with Gasteiger partial charge in [-0.05, 0) is 34.2 Å². The van der Waals surface area contributed by atoms with Crippen LogP contribution in [0.1, 0.15) is 11.1 Å². The predicted octanol–water partition coefficient (Wildman–Crippen LogP) is 3.67. The summed E-state index contributed by atoms with van der Waals surface area (Å²) in [5.74, 6) is 0.520. The van der Waals surface area contributed by atoms with E-state index in [2.05, 4.69) is 27.5 Å². The molecule has 0 N–H and O–H groups in total. The number of thiophene rings is 1. The first-order valence-corrected chi connectivity index (χ1v) is 10.3. The number of hydrogen-bond acceptors (Lipinski definition) is 5. The second kappa shape index (κ2) is 9.25. The maximum Gasteiger partial charge on any atom is 0.246 e. The van der Waals surface area contributed by atoms with Crippen LogP contribution in [0.5, 0.6) is 0 Å². The van der Waals surface area contributed by atoms with E-state index in [1.165, 1.54) is 10.4 Å². The Morgan fingerprint density at radius 3 is 2.34 bits per heavy atom. The lowest BCUT2D eigenvalue weighted by atomic mass is 10.1. The molecule has 0 fully saturated rings. The number of aromatic nitrogens is 4. The molecule has 4 aromatic rings. The Bertz CT molecular complexity index is 1030. The minimum atomic E-state index is -0.0279. The van der Waals surface area contributed by atoms with Crippen LogP contribution in [0.4, 0.5) is 0 Å². The zero-order chi connectivity index (χ0) is 19.9. The highest BCUT2D eigenvalue weighted by atomic mass is 32.1. The van der Waals surface area contributed by atoms with Crippen molar-refractivity contribution in [3.63, 3.8) is 0 Å². The molecule has 0 atom stereocenters. The van der Waals surface area contributed by atoms with E-state index in [0.29, 0.717) is 18.9 Å². The number of rotatable bonds is 8. The van der Waals surface area contributed by atoms with E-state index in [4.69, 9.17) is 0 Å². The summed E-state index contributed by atoms with van der Waals surface area (Å²) in [7, 11) is 0. The van der Waals surface area contributed by atoms with Gasteiger partial charge in [-0.15, -0.1) is 21.5 Å². The molecular weight excluding hydrogens is 382 g/mol. The molecular formula is C22H21N5OS. The Hall–Kier alpha value is -3.32. The van der Waals surface area contributed by atoms with Gasteiger partial charge < -0.3 is 4.90 Å². The molecule has 0 aliphatic heterocycles. The summed E-state index contributed by atoms with van der Waals surface area (Å²) in [6.45, 7) is 1.25. The van der Waals surface area contributed by atoms with Crippen LogP contribution in [-0.4, -0.2) is 37.6 Å². The molecule has 0 saturated heterocycles. The number of benzene rings is 2. The highest BCUT2D eigenvalue weighted by Gasteiger charge is 2.17. The zero-order valence-corrected chi connectivity index (χ0v) is 16.7. The van der Waals surface area contributed by atoms with Gasteiger partial charge in [0.1, 0.15) is 6.54 Å². The lowest BCUT2D eigenvalue weighted by molar-refractivity contribution is -0.132. The number of tetrazole rings is 1. The Morgan fingerprint density at radius 2 is 1.66 bits per heavy atom. The van der Waals surface area contributed by atoms with Crippen LogP contribution in [-0.2, 0) is 24.3 Å². The van der Waals surface area contributed by atoms with Crippen LogP contribution in [0.3, 0.4) is 0 Å². The van der Waals surface area contributed by atoms with Crippen molar-refractivity contribution in [1.29, 1.82) is 0 Å². The first-order valence-electron chi connectivity index (χ1n) is 9.45. The Balaban J connectivity index is 1.46. The second-order valence-corrected chi connectivity index (χ2v) is 7.60. The third kappa shape index (κ3) is 5.14. The van der Waals surface area contributed by atoms with Crippen molar-refractivity contribution in [1.82, 2.24) is 25.1 Å². The molecule has 0 saturated carbocycles. The Labute approximate surface area is 173 Å². The molecule has 1 amide bonds. The van der Waals surface area contributed by atoms with E-state index in [1.54, 1.807) is 11.3 Å². The van der Waals surface area contributed by atoms with Crippen molar-refractivity contribution < 1.29 is 4.79 Å². The molecule has 146 valence electrons. The molecule has 0 spiro atoms. The van der Waals surface area contributed by atoms with Crippen molar-refractivity contribution >= 4 is 17.2 Å². The van der Waals surface area contributed by atoms with Crippen LogP contribution in [0.25, 0.3) is 10.7 Å². The number of amides is 1.